The van der Waals surface area contributed by atoms with Gasteiger partial charge < -0.3 is 14.5 Å². The van der Waals surface area contributed by atoms with Gasteiger partial charge in [-0.05, 0) is 66.8 Å². The molecule has 0 aliphatic carbocycles. The van der Waals surface area contributed by atoms with Crippen molar-refractivity contribution in [2.45, 2.75) is 52.6 Å². The van der Waals surface area contributed by atoms with Gasteiger partial charge in [0.25, 0.3) is 0 Å². The van der Waals surface area contributed by atoms with Crippen LogP contribution in [0.1, 0.15) is 47.0 Å². The Hall–Kier alpha value is -0.450. The van der Waals surface area contributed by atoms with Crippen LogP contribution in [0, 0.1) is 5.41 Å². The van der Waals surface area contributed by atoms with Gasteiger partial charge in [-0.2, -0.15) is 0 Å². The maximum absolute atomic E-state index is 5.90. The van der Waals surface area contributed by atoms with Crippen molar-refractivity contribution in [1.29, 1.82) is 0 Å². The third-order valence-corrected chi connectivity index (χ3v) is 4.52. The molecule has 0 aromatic heterocycles. The summed E-state index contributed by atoms with van der Waals surface area (Å²) in [5, 5.41) is 0. The summed E-state index contributed by atoms with van der Waals surface area (Å²) in [6.45, 7) is 15.1. The van der Waals surface area contributed by atoms with E-state index >= 15 is 0 Å². The molecular formula is C18H37N3O. The molecule has 0 aromatic rings. The fourth-order valence-corrected chi connectivity index (χ4v) is 3.62. The van der Waals surface area contributed by atoms with E-state index < -0.39 is 0 Å². The predicted octanol–water partition coefficient (Wildman–Crippen LogP) is 2.93. The van der Waals surface area contributed by atoms with E-state index in [0.717, 1.165) is 58.6 Å². The summed E-state index contributed by atoms with van der Waals surface area (Å²) >= 11 is 0. The van der Waals surface area contributed by atoms with Crippen LogP contribution in [0.5, 0.6) is 0 Å². The van der Waals surface area contributed by atoms with Gasteiger partial charge in [0.1, 0.15) is 0 Å². The number of nitrogens with zero attached hydrogens (tertiary/aromatic N) is 3. The molecule has 0 spiro atoms. The van der Waals surface area contributed by atoms with E-state index in [1.165, 1.54) is 0 Å². The lowest BCUT2D eigenvalue weighted by molar-refractivity contribution is -0.0887. The van der Waals surface area contributed by atoms with Crippen molar-refractivity contribution in [2.24, 2.45) is 10.4 Å². The quantitative estimate of drug-likeness (QED) is 0.484. The van der Waals surface area contributed by atoms with E-state index in [2.05, 4.69) is 57.8 Å². The minimum atomic E-state index is -0.0402. The van der Waals surface area contributed by atoms with Crippen molar-refractivity contribution in [3.05, 3.63) is 0 Å². The molecule has 0 unspecified atom stereocenters. The van der Waals surface area contributed by atoms with Crippen LogP contribution in [0.3, 0.4) is 0 Å². The largest absolute Gasteiger partial charge is 0.376 e. The Kier molecular flexibility index (Phi) is 8.01. The van der Waals surface area contributed by atoms with Crippen LogP contribution in [0.15, 0.2) is 4.99 Å². The number of ether oxygens (including phenoxy) is 1. The molecule has 0 saturated carbocycles. The maximum atomic E-state index is 5.90. The lowest BCUT2D eigenvalue weighted by Crippen LogP contribution is -2.47. The minimum Gasteiger partial charge on any atom is -0.376 e. The Labute approximate surface area is 137 Å². The van der Waals surface area contributed by atoms with Crippen molar-refractivity contribution >= 4 is 6.21 Å². The van der Waals surface area contributed by atoms with Crippen molar-refractivity contribution in [2.75, 3.05) is 53.4 Å². The van der Waals surface area contributed by atoms with Crippen LogP contribution in [0.4, 0.5) is 0 Å². The molecule has 4 heteroatoms. The average molecular weight is 312 g/mol. The van der Waals surface area contributed by atoms with E-state index in [1.54, 1.807) is 0 Å². The summed E-state index contributed by atoms with van der Waals surface area (Å²) in [6.07, 6.45) is 5.53. The lowest BCUT2D eigenvalue weighted by atomic mass is 9.74. The molecule has 0 radical (unpaired) electrons. The summed E-state index contributed by atoms with van der Waals surface area (Å²) < 4.78 is 5.90. The van der Waals surface area contributed by atoms with E-state index in [-0.39, 0.29) is 11.0 Å². The normalized spacial score (nSPS) is 25.5. The van der Waals surface area contributed by atoms with Gasteiger partial charge in [0, 0.05) is 31.3 Å². The molecule has 0 aromatic carbocycles. The zero-order chi connectivity index (χ0) is 16.6. The number of rotatable bonds is 9. The van der Waals surface area contributed by atoms with E-state index in [0.29, 0.717) is 0 Å². The standard InChI is InChI=1S/C18H37N3O/c1-7-21(8-2)12-9-11-19-15-18(16-20(5)6)10-13-22-17(3,4)14-18/h15H,7-14,16H2,1-6H3/t18-/m0/s1. The average Bonchev–Trinajstić information content (AvgIpc) is 2.41. The van der Waals surface area contributed by atoms with E-state index in [4.69, 9.17) is 9.73 Å². The number of aliphatic imine (C=N–C) groups is 1. The van der Waals surface area contributed by atoms with Crippen molar-refractivity contribution in [3.63, 3.8) is 0 Å². The van der Waals surface area contributed by atoms with Gasteiger partial charge in [-0.25, -0.2) is 0 Å². The summed E-state index contributed by atoms with van der Waals surface area (Å²) in [5.41, 5.74) is 0.127. The monoisotopic (exact) mass is 311 g/mol. The topological polar surface area (TPSA) is 28.1 Å². The van der Waals surface area contributed by atoms with Crippen LogP contribution in [-0.4, -0.2) is 75.0 Å². The molecular weight excluding hydrogens is 274 g/mol. The summed E-state index contributed by atoms with van der Waals surface area (Å²) in [4.78, 5) is 9.53. The van der Waals surface area contributed by atoms with Gasteiger partial charge in [-0.1, -0.05) is 13.8 Å². The summed E-state index contributed by atoms with van der Waals surface area (Å²) in [5.74, 6) is 0. The van der Waals surface area contributed by atoms with Crippen LogP contribution in [-0.2, 0) is 4.74 Å². The third kappa shape index (κ3) is 6.76. The number of hydrogen-bond acceptors (Lipinski definition) is 4. The second kappa shape index (κ2) is 8.99. The molecule has 0 bridgehead atoms. The SMILES string of the molecule is CCN(CC)CCCN=C[C@]1(CN(C)C)CCOC(C)(C)C1. The van der Waals surface area contributed by atoms with Gasteiger partial charge in [0.05, 0.1) is 5.60 Å². The smallest absolute Gasteiger partial charge is 0.0635 e. The molecule has 1 rings (SSSR count). The fourth-order valence-electron chi connectivity index (χ4n) is 3.62. The highest BCUT2D eigenvalue weighted by molar-refractivity contribution is 5.66. The molecule has 1 heterocycles. The molecule has 0 N–H and O–H groups in total. The van der Waals surface area contributed by atoms with Gasteiger partial charge in [-0.15, -0.1) is 0 Å². The van der Waals surface area contributed by atoms with Crippen LogP contribution in [0.25, 0.3) is 0 Å². The highest BCUT2D eigenvalue weighted by atomic mass is 16.5. The Morgan fingerprint density at radius 2 is 1.86 bits per heavy atom. The maximum Gasteiger partial charge on any atom is 0.0635 e. The highest BCUT2D eigenvalue weighted by Gasteiger charge is 2.40. The molecule has 1 aliphatic heterocycles. The molecule has 1 fully saturated rings. The van der Waals surface area contributed by atoms with Gasteiger partial charge in [0.15, 0.2) is 0 Å². The Morgan fingerprint density at radius 3 is 2.41 bits per heavy atom. The highest BCUT2D eigenvalue weighted by Crippen LogP contribution is 2.38. The third-order valence-electron chi connectivity index (χ3n) is 4.52. The first-order valence-corrected chi connectivity index (χ1v) is 8.84. The summed E-state index contributed by atoms with van der Waals surface area (Å²) in [6, 6.07) is 0. The van der Waals surface area contributed by atoms with E-state index in [9.17, 15) is 0 Å². The zero-order valence-corrected chi connectivity index (χ0v) is 15.7. The summed E-state index contributed by atoms with van der Waals surface area (Å²) in [7, 11) is 4.30. The first-order chi connectivity index (χ1) is 10.3. The van der Waals surface area contributed by atoms with Crippen LogP contribution >= 0.6 is 0 Å². The number of hydrogen-bond donors (Lipinski definition) is 0. The minimum absolute atomic E-state index is 0.0402. The molecule has 130 valence electrons. The van der Waals surface area contributed by atoms with Gasteiger partial charge >= 0.3 is 0 Å². The Bertz CT molecular complexity index is 337. The first kappa shape index (κ1) is 19.6. The van der Waals surface area contributed by atoms with E-state index in [1.807, 2.05) is 0 Å². The first-order valence-electron chi connectivity index (χ1n) is 8.84. The fraction of sp³-hybridized carbons (Fsp3) is 0.944. The lowest BCUT2D eigenvalue weighted by Gasteiger charge is -2.44. The molecule has 1 aliphatic rings. The zero-order valence-electron chi connectivity index (χ0n) is 15.7. The van der Waals surface area contributed by atoms with Gasteiger partial charge in [-0.3, -0.25) is 4.99 Å². The molecule has 0 amide bonds. The molecule has 1 saturated heterocycles. The van der Waals surface area contributed by atoms with Crippen molar-refractivity contribution < 1.29 is 4.74 Å². The Morgan fingerprint density at radius 1 is 1.18 bits per heavy atom. The molecule has 22 heavy (non-hydrogen) atoms. The predicted molar refractivity (Wildman–Crippen MR) is 96.0 cm³/mol. The molecule has 4 nitrogen and oxygen atoms in total. The van der Waals surface area contributed by atoms with Crippen LogP contribution in [0.2, 0.25) is 0 Å². The second-order valence-corrected chi connectivity index (χ2v) is 7.55. The molecule has 1 atom stereocenters. The van der Waals surface area contributed by atoms with Crippen molar-refractivity contribution in [1.82, 2.24) is 9.80 Å². The Balaban J connectivity index is 2.56. The second-order valence-electron chi connectivity index (χ2n) is 7.55. The van der Waals surface area contributed by atoms with Gasteiger partial charge in [0.2, 0.25) is 0 Å². The van der Waals surface area contributed by atoms with Crippen molar-refractivity contribution in [3.8, 4) is 0 Å². The van der Waals surface area contributed by atoms with Crippen LogP contribution < -0.4 is 0 Å².